The van der Waals surface area contributed by atoms with Gasteiger partial charge in [-0.1, -0.05) is 23.7 Å². The van der Waals surface area contributed by atoms with Gasteiger partial charge in [-0.25, -0.2) is 0 Å². The van der Waals surface area contributed by atoms with Gasteiger partial charge in [0.15, 0.2) is 11.4 Å². The van der Waals surface area contributed by atoms with E-state index in [1.165, 1.54) is 12.2 Å². The van der Waals surface area contributed by atoms with E-state index in [9.17, 15) is 19.8 Å². The van der Waals surface area contributed by atoms with Crippen molar-refractivity contribution in [1.29, 1.82) is 0 Å². The predicted octanol–water partition coefficient (Wildman–Crippen LogP) is -0.797. The second kappa shape index (κ2) is 4.18. The molecule has 17 heavy (non-hydrogen) atoms. The Morgan fingerprint density at radius 3 is 2.76 bits per heavy atom. The normalized spacial score (nSPS) is 35.4. The third kappa shape index (κ3) is 2.14. The lowest BCUT2D eigenvalue weighted by Crippen LogP contribution is -2.51. The lowest BCUT2D eigenvalue weighted by Gasteiger charge is -2.31. The second-order valence-electron chi connectivity index (χ2n) is 4.09. The van der Waals surface area contributed by atoms with Crippen molar-refractivity contribution < 1.29 is 19.8 Å². The van der Waals surface area contributed by atoms with Gasteiger partial charge in [-0.3, -0.25) is 9.59 Å². The lowest BCUT2D eigenvalue weighted by atomic mass is 9.74. The summed E-state index contributed by atoms with van der Waals surface area (Å²) in [5.41, 5.74) is -1.98. The van der Waals surface area contributed by atoms with Crippen LogP contribution in [0.15, 0.2) is 12.2 Å². The topological polar surface area (TPSA) is 74.6 Å². The Hall–Kier alpha value is -1.88. The first-order valence-electron chi connectivity index (χ1n) is 5.18. The van der Waals surface area contributed by atoms with Crippen LogP contribution in [0.5, 0.6) is 0 Å². The average molecular weight is 230 g/mol. The van der Waals surface area contributed by atoms with Gasteiger partial charge in [0.25, 0.3) is 0 Å². The summed E-state index contributed by atoms with van der Waals surface area (Å²) in [6.45, 7) is 0. The minimum atomic E-state index is -1.98. The molecule has 0 radical (unpaired) electrons. The quantitative estimate of drug-likeness (QED) is 0.534. The minimum Gasteiger partial charge on any atom is -0.380 e. The molecule has 0 aliphatic heterocycles. The van der Waals surface area contributed by atoms with E-state index in [1.54, 1.807) is 0 Å². The Morgan fingerprint density at radius 1 is 1.29 bits per heavy atom. The van der Waals surface area contributed by atoms with Gasteiger partial charge in [0.05, 0.1) is 12.3 Å². The number of ketones is 2. The van der Waals surface area contributed by atoms with Crippen molar-refractivity contribution in [2.75, 3.05) is 0 Å². The van der Waals surface area contributed by atoms with Crippen LogP contribution in [0.4, 0.5) is 0 Å². The number of rotatable bonds is 0. The zero-order valence-corrected chi connectivity index (χ0v) is 8.93. The molecule has 0 aromatic heterocycles. The highest BCUT2D eigenvalue weighted by molar-refractivity contribution is 6.03. The largest absolute Gasteiger partial charge is 0.380 e. The number of hydrogen-bond acceptors (Lipinski definition) is 4. The van der Waals surface area contributed by atoms with Crippen molar-refractivity contribution in [1.82, 2.24) is 0 Å². The molecular formula is C13H10O4. The number of aliphatic hydroxyl groups is 2. The third-order valence-electron chi connectivity index (χ3n) is 2.79. The monoisotopic (exact) mass is 230 g/mol. The average Bonchev–Trinajstić information content (AvgIpc) is 2.26. The van der Waals surface area contributed by atoms with Crippen LogP contribution in [0.3, 0.4) is 0 Å². The van der Waals surface area contributed by atoms with Crippen LogP contribution in [0.1, 0.15) is 12.8 Å². The maximum absolute atomic E-state index is 12.0. The van der Waals surface area contributed by atoms with Crippen LogP contribution >= 0.6 is 0 Å². The summed E-state index contributed by atoms with van der Waals surface area (Å²) in [5, 5.41) is 19.7. The molecule has 0 aromatic rings. The molecule has 1 saturated carbocycles. The van der Waals surface area contributed by atoms with E-state index in [0.717, 1.165) is 0 Å². The van der Waals surface area contributed by atoms with Gasteiger partial charge in [-0.05, 0) is 12.2 Å². The fourth-order valence-electron chi connectivity index (χ4n) is 1.93. The minimum absolute atomic E-state index is 0.0949. The smallest absolute Gasteiger partial charge is 0.191 e. The number of Topliss-reactive ketones (excluding diaryl/α,β-unsaturated/α-hetero) is 2. The number of hydrogen-bond donors (Lipinski definition) is 2. The summed E-state index contributed by atoms with van der Waals surface area (Å²) in [6.07, 6.45) is 1.13. The molecule has 0 saturated heterocycles. The van der Waals surface area contributed by atoms with Crippen molar-refractivity contribution in [3.05, 3.63) is 12.2 Å². The van der Waals surface area contributed by atoms with Gasteiger partial charge in [-0.2, -0.15) is 0 Å². The number of aliphatic hydroxyl groups excluding tert-OH is 1. The van der Waals surface area contributed by atoms with E-state index in [2.05, 4.69) is 23.7 Å². The molecule has 3 unspecified atom stereocenters. The van der Waals surface area contributed by atoms with Gasteiger partial charge in [0, 0.05) is 6.42 Å². The number of carbonyl (C=O) groups excluding carboxylic acids is 2. The molecule has 3 atom stereocenters. The predicted molar refractivity (Wildman–Crippen MR) is 58.4 cm³/mol. The van der Waals surface area contributed by atoms with Crippen molar-refractivity contribution >= 4 is 11.6 Å². The van der Waals surface area contributed by atoms with Crippen LogP contribution in [-0.2, 0) is 9.59 Å². The van der Waals surface area contributed by atoms with Crippen molar-refractivity contribution in [3.63, 3.8) is 0 Å². The second-order valence-corrected chi connectivity index (χ2v) is 4.09. The zero-order valence-electron chi connectivity index (χ0n) is 8.93. The third-order valence-corrected chi connectivity index (χ3v) is 2.79. The van der Waals surface area contributed by atoms with E-state index < -0.39 is 23.4 Å². The number of allylic oxidation sites excluding steroid dienone is 2. The Morgan fingerprint density at radius 2 is 2.00 bits per heavy atom. The molecule has 1 fully saturated rings. The van der Waals surface area contributed by atoms with Crippen LogP contribution in [0, 0.1) is 29.6 Å². The fourth-order valence-corrected chi connectivity index (χ4v) is 1.93. The first kappa shape index (κ1) is 11.6. The number of carbonyl (C=O) groups is 2. The maximum Gasteiger partial charge on any atom is 0.191 e. The maximum atomic E-state index is 12.0. The molecule has 0 heterocycles. The Bertz CT molecular complexity index is 523. The van der Waals surface area contributed by atoms with Crippen molar-refractivity contribution in [2.45, 2.75) is 24.5 Å². The summed E-state index contributed by atoms with van der Waals surface area (Å²) in [4.78, 5) is 23.4. The lowest BCUT2D eigenvalue weighted by molar-refractivity contribution is -0.150. The highest BCUT2D eigenvalue weighted by atomic mass is 16.3. The molecule has 2 bridgehead atoms. The molecule has 0 amide bonds. The van der Waals surface area contributed by atoms with Gasteiger partial charge in [0.1, 0.15) is 11.9 Å². The summed E-state index contributed by atoms with van der Waals surface area (Å²) >= 11 is 0. The summed E-state index contributed by atoms with van der Waals surface area (Å²) < 4.78 is 0. The molecular weight excluding hydrogens is 220 g/mol. The van der Waals surface area contributed by atoms with E-state index in [1.807, 2.05) is 0 Å². The van der Waals surface area contributed by atoms with Crippen LogP contribution in [0.25, 0.3) is 0 Å². The Labute approximate surface area is 98.3 Å². The Balaban J connectivity index is 2.50. The molecule has 0 spiro atoms. The molecule has 86 valence electrons. The molecule has 4 nitrogen and oxygen atoms in total. The summed E-state index contributed by atoms with van der Waals surface area (Å²) in [7, 11) is 0. The van der Waals surface area contributed by atoms with Gasteiger partial charge >= 0.3 is 0 Å². The molecule has 2 aliphatic rings. The number of fused-ring (bicyclic) bond motifs is 2. The van der Waals surface area contributed by atoms with E-state index in [0.29, 0.717) is 0 Å². The first-order chi connectivity index (χ1) is 8.03. The van der Waals surface area contributed by atoms with Crippen LogP contribution in [-0.4, -0.2) is 33.5 Å². The first-order valence-corrected chi connectivity index (χ1v) is 5.18. The standard InChI is InChI=1S/C13H10O4/c14-9-7-10-11(15)5-3-1-2-4-6-13(17,8-9)12(10)16/h1-2,10-11,15,17H,7-8H2. The van der Waals surface area contributed by atoms with Crippen molar-refractivity contribution in [2.24, 2.45) is 5.92 Å². The Kier molecular flexibility index (Phi) is 2.85. The molecule has 2 rings (SSSR count). The van der Waals surface area contributed by atoms with E-state index in [-0.39, 0.29) is 18.6 Å². The SMILES string of the molecule is O=C1CC2C(=O)C(O)(C#CC=CC#CC2O)C1. The van der Waals surface area contributed by atoms with Crippen molar-refractivity contribution in [3.8, 4) is 23.7 Å². The van der Waals surface area contributed by atoms with E-state index in [4.69, 9.17) is 0 Å². The van der Waals surface area contributed by atoms with Crippen LogP contribution < -0.4 is 0 Å². The highest BCUT2D eigenvalue weighted by Gasteiger charge is 2.48. The van der Waals surface area contributed by atoms with Gasteiger partial charge in [-0.15, -0.1) is 0 Å². The van der Waals surface area contributed by atoms with Gasteiger partial charge in [0.2, 0.25) is 0 Å². The molecule has 0 aromatic carbocycles. The zero-order chi connectivity index (χ0) is 12.5. The summed E-state index contributed by atoms with van der Waals surface area (Å²) in [5.74, 6) is 7.91. The molecule has 4 heteroatoms. The summed E-state index contributed by atoms with van der Waals surface area (Å²) in [6, 6.07) is 0. The van der Waals surface area contributed by atoms with E-state index >= 15 is 0 Å². The molecule has 2 aliphatic carbocycles. The fraction of sp³-hybridized carbons (Fsp3) is 0.385. The highest BCUT2D eigenvalue weighted by Crippen LogP contribution is 2.29. The van der Waals surface area contributed by atoms with Gasteiger partial charge < -0.3 is 10.2 Å². The molecule has 2 N–H and O–H groups in total. The van der Waals surface area contributed by atoms with Crippen LogP contribution in [0.2, 0.25) is 0 Å².